The van der Waals surface area contributed by atoms with Crippen LogP contribution in [-0.2, 0) is 30.2 Å². The summed E-state index contributed by atoms with van der Waals surface area (Å²) in [6.07, 6.45) is -6.08. The van der Waals surface area contributed by atoms with Crippen molar-refractivity contribution in [3.8, 4) is 17.2 Å². The van der Waals surface area contributed by atoms with Crippen molar-refractivity contribution in [2.24, 2.45) is 0 Å². The number of Topliss-reactive ketones (excluding diaryl/α,β-unsaturated/α-hetero) is 1. The standard InChI is InChI=1S/C31H35NO13S/c1-4-43-30(46)29(40)32-15-8-19(44-12(2)24(15)35)45-17-10-31(41,18(34)11-33)9-14-21(17)28(39)23-22(26(14)37)25(36)13-6-5-7-16(42-3)20(13)27(23)38/h5-7,12,15,17,19,24,30,33,35,37,39,41,46H,4,8-11H2,1-3H3,(H,32,40)/t12?,15?,17-,19-,24?,30?,31-/m0/s1. The first-order valence-electron chi connectivity index (χ1n) is 14.6. The second-order valence-corrected chi connectivity index (χ2v) is 11.9. The molecule has 0 aromatic heterocycles. The van der Waals surface area contributed by atoms with Gasteiger partial charge in [0, 0.05) is 42.6 Å². The molecule has 0 spiro atoms. The van der Waals surface area contributed by atoms with Crippen LogP contribution in [0.3, 0.4) is 0 Å². The van der Waals surface area contributed by atoms with Crippen molar-refractivity contribution in [1.29, 1.82) is 0 Å². The lowest BCUT2D eigenvalue weighted by atomic mass is 9.72. The number of ketones is 3. The van der Waals surface area contributed by atoms with Crippen LogP contribution in [0.2, 0.25) is 0 Å². The number of methoxy groups -OCH3 is 1. The third-order valence-corrected chi connectivity index (χ3v) is 9.02. The predicted molar refractivity (Wildman–Crippen MR) is 160 cm³/mol. The lowest BCUT2D eigenvalue weighted by Gasteiger charge is -2.43. The Morgan fingerprint density at radius 3 is 2.50 bits per heavy atom. The largest absolute Gasteiger partial charge is 0.507 e. The first-order valence-corrected chi connectivity index (χ1v) is 15.1. The Hall–Kier alpha value is -3.57. The molecule has 0 bridgehead atoms. The van der Waals surface area contributed by atoms with Crippen LogP contribution >= 0.6 is 12.6 Å². The van der Waals surface area contributed by atoms with Gasteiger partial charge in [0.25, 0.3) is 5.91 Å². The van der Waals surface area contributed by atoms with Crippen LogP contribution in [0, 0.1) is 0 Å². The highest BCUT2D eigenvalue weighted by Gasteiger charge is 2.50. The number of ether oxygens (including phenoxy) is 4. The lowest BCUT2D eigenvalue weighted by molar-refractivity contribution is -0.249. The Kier molecular flexibility index (Phi) is 9.48. The monoisotopic (exact) mass is 661 g/mol. The van der Waals surface area contributed by atoms with Gasteiger partial charge in [-0.1, -0.05) is 12.1 Å². The van der Waals surface area contributed by atoms with E-state index < -0.39 is 107 Å². The zero-order valence-electron chi connectivity index (χ0n) is 25.2. The summed E-state index contributed by atoms with van der Waals surface area (Å²) in [7, 11) is 1.31. The van der Waals surface area contributed by atoms with E-state index in [4.69, 9.17) is 18.9 Å². The minimum absolute atomic E-state index is 0.0675. The Balaban J connectivity index is 1.58. The van der Waals surface area contributed by atoms with E-state index in [0.717, 1.165) is 0 Å². The number of carbonyl (C=O) groups is 4. The molecule has 14 nitrogen and oxygen atoms in total. The van der Waals surface area contributed by atoms with Crippen LogP contribution in [0.1, 0.15) is 75.8 Å². The molecule has 0 saturated carbocycles. The number of carbonyl (C=O) groups excluding carboxylic acids is 4. The first-order chi connectivity index (χ1) is 21.8. The fraction of sp³-hybridized carbons (Fsp3) is 0.484. The summed E-state index contributed by atoms with van der Waals surface area (Å²) in [5, 5.41) is 57.6. The van der Waals surface area contributed by atoms with Crippen molar-refractivity contribution >= 4 is 35.9 Å². The summed E-state index contributed by atoms with van der Waals surface area (Å²) in [6, 6.07) is 3.39. The fourth-order valence-corrected chi connectivity index (χ4v) is 6.57. The van der Waals surface area contributed by atoms with E-state index in [1.54, 1.807) is 6.92 Å². The topological polar surface area (TPSA) is 218 Å². The molecule has 1 aliphatic heterocycles. The molecule has 46 heavy (non-hydrogen) atoms. The van der Waals surface area contributed by atoms with E-state index >= 15 is 0 Å². The Morgan fingerprint density at radius 2 is 1.85 bits per heavy atom. The Morgan fingerprint density at radius 1 is 1.15 bits per heavy atom. The molecule has 1 saturated heterocycles. The number of thiol groups is 1. The van der Waals surface area contributed by atoms with E-state index in [1.807, 2.05) is 0 Å². The maximum atomic E-state index is 13.8. The van der Waals surface area contributed by atoms with Crippen molar-refractivity contribution in [3.05, 3.63) is 51.6 Å². The van der Waals surface area contributed by atoms with Crippen LogP contribution in [0.25, 0.3) is 0 Å². The van der Waals surface area contributed by atoms with Crippen molar-refractivity contribution in [1.82, 2.24) is 5.32 Å². The Labute approximate surface area is 268 Å². The molecule has 2 aliphatic carbocycles. The highest BCUT2D eigenvalue weighted by Crippen LogP contribution is 2.52. The molecule has 5 rings (SSSR count). The van der Waals surface area contributed by atoms with Gasteiger partial charge in [-0.15, -0.1) is 12.6 Å². The molecule has 248 valence electrons. The number of hydrogen-bond acceptors (Lipinski definition) is 14. The van der Waals surface area contributed by atoms with Crippen molar-refractivity contribution in [2.45, 2.75) is 74.8 Å². The number of fused-ring (bicyclic) bond motifs is 3. The van der Waals surface area contributed by atoms with Crippen molar-refractivity contribution in [2.75, 3.05) is 20.3 Å². The number of phenols is 2. The number of benzene rings is 2. The lowest BCUT2D eigenvalue weighted by Crippen LogP contribution is -2.57. The zero-order chi connectivity index (χ0) is 33.7. The molecule has 2 aromatic rings. The van der Waals surface area contributed by atoms with Crippen LogP contribution in [-0.4, -0.2) is 105 Å². The van der Waals surface area contributed by atoms with Gasteiger partial charge in [-0.2, -0.15) is 0 Å². The molecule has 1 fully saturated rings. The molecule has 0 radical (unpaired) electrons. The van der Waals surface area contributed by atoms with Gasteiger partial charge in [-0.05, 0) is 19.9 Å². The predicted octanol–water partition coefficient (Wildman–Crippen LogP) is 0.451. The molecular weight excluding hydrogens is 626 g/mol. The van der Waals surface area contributed by atoms with Gasteiger partial charge in [0.05, 0.1) is 42.0 Å². The average Bonchev–Trinajstić information content (AvgIpc) is 3.02. The fourth-order valence-electron chi connectivity index (χ4n) is 6.35. The minimum Gasteiger partial charge on any atom is -0.507 e. The summed E-state index contributed by atoms with van der Waals surface area (Å²) >= 11 is 4.10. The number of nitrogens with one attached hydrogen (secondary N) is 1. The van der Waals surface area contributed by atoms with Crippen LogP contribution in [0.15, 0.2) is 18.2 Å². The number of aliphatic hydroxyl groups is 3. The van der Waals surface area contributed by atoms with Gasteiger partial charge in [0.15, 0.2) is 23.3 Å². The van der Waals surface area contributed by atoms with E-state index in [2.05, 4.69) is 17.9 Å². The summed E-state index contributed by atoms with van der Waals surface area (Å²) < 4.78 is 22.5. The van der Waals surface area contributed by atoms with Gasteiger partial charge in [-0.3, -0.25) is 19.2 Å². The second-order valence-electron chi connectivity index (χ2n) is 11.4. The van der Waals surface area contributed by atoms with Gasteiger partial charge in [-0.25, -0.2) is 0 Å². The normalized spacial score (nSPS) is 27.7. The number of hydrogen-bond donors (Lipinski definition) is 7. The van der Waals surface area contributed by atoms with Gasteiger partial charge in [0.2, 0.25) is 5.78 Å². The van der Waals surface area contributed by atoms with Crippen LogP contribution in [0.5, 0.6) is 17.2 Å². The maximum Gasteiger partial charge on any atom is 0.259 e. The van der Waals surface area contributed by atoms with Gasteiger partial charge < -0.3 is 49.8 Å². The third kappa shape index (κ3) is 5.65. The number of aromatic hydroxyl groups is 2. The first kappa shape index (κ1) is 33.8. The number of aliphatic hydroxyl groups excluding tert-OH is 2. The smallest absolute Gasteiger partial charge is 0.259 e. The molecule has 4 unspecified atom stereocenters. The second kappa shape index (κ2) is 12.9. The molecule has 3 aliphatic rings. The molecule has 7 atom stereocenters. The summed E-state index contributed by atoms with van der Waals surface area (Å²) in [5.41, 5.74) is -5.10. The molecule has 1 amide bonds. The van der Waals surface area contributed by atoms with Crippen molar-refractivity contribution in [3.63, 3.8) is 0 Å². The minimum atomic E-state index is -2.32. The maximum absolute atomic E-state index is 13.8. The van der Waals surface area contributed by atoms with E-state index in [-0.39, 0.29) is 41.0 Å². The number of rotatable bonds is 9. The highest BCUT2D eigenvalue weighted by molar-refractivity contribution is 7.81. The summed E-state index contributed by atoms with van der Waals surface area (Å²) in [5.74, 6) is -4.65. The van der Waals surface area contributed by atoms with Crippen molar-refractivity contribution < 1.29 is 63.7 Å². The van der Waals surface area contributed by atoms with Gasteiger partial charge in [0.1, 0.15) is 35.6 Å². The summed E-state index contributed by atoms with van der Waals surface area (Å²) in [6.45, 7) is 2.35. The third-order valence-electron chi connectivity index (χ3n) is 8.64. The molecular formula is C31H35NO13S. The summed E-state index contributed by atoms with van der Waals surface area (Å²) in [4.78, 5) is 52.8. The quantitative estimate of drug-likeness (QED) is 0.0943. The number of amides is 1. The van der Waals surface area contributed by atoms with Gasteiger partial charge >= 0.3 is 0 Å². The van der Waals surface area contributed by atoms with E-state index in [1.165, 1.54) is 32.2 Å². The van der Waals surface area contributed by atoms with E-state index in [0.29, 0.717) is 0 Å². The zero-order valence-corrected chi connectivity index (χ0v) is 26.1. The van der Waals surface area contributed by atoms with Crippen LogP contribution < -0.4 is 10.1 Å². The molecule has 6 N–H and O–H groups in total. The SMILES string of the molecule is CCOC(S)C(=O)NC1C[C@H](O[C@H]2C[C@](O)(C(=O)CO)Cc3c(O)c4c(c(O)c32)C(=O)c2c(OC)cccc2C4=O)OC(C)C1O. The highest BCUT2D eigenvalue weighted by atomic mass is 32.1. The number of phenolic OH excluding ortho intramolecular Hbond substituents is 2. The van der Waals surface area contributed by atoms with Crippen LogP contribution in [0.4, 0.5) is 0 Å². The molecule has 1 heterocycles. The molecule has 2 aromatic carbocycles. The average molecular weight is 662 g/mol. The Bertz CT molecular complexity index is 1590. The van der Waals surface area contributed by atoms with E-state index in [9.17, 15) is 44.7 Å². The molecule has 15 heteroatoms.